The average molecular weight is 484 g/mol. The van der Waals surface area contributed by atoms with Crippen LogP contribution in [0.3, 0.4) is 0 Å². The number of hydrogen-bond acceptors (Lipinski definition) is 7. The van der Waals surface area contributed by atoms with E-state index in [1.54, 1.807) is 0 Å². The quantitative estimate of drug-likeness (QED) is 0.265. The second-order valence-corrected chi connectivity index (χ2v) is 10.6. The molecule has 3 atom stereocenters. The standard InChI is InChI=1S/C24H25N3O6S/c1-24(2)20(23(30)33-14-16-8-11-17(12-9-16)27(31)32)26-21(29)19(22(26)34-24)25-18(28)13-10-15-6-4-3-5-7-15/h3-9,11-12,19-20,22H,10,13-14H2,1-2H3,(H,25,28). The van der Waals surface area contributed by atoms with Crippen molar-refractivity contribution >= 4 is 35.2 Å². The van der Waals surface area contributed by atoms with E-state index in [1.807, 2.05) is 44.2 Å². The zero-order valence-electron chi connectivity index (χ0n) is 18.8. The fourth-order valence-corrected chi connectivity index (χ4v) is 5.84. The molecule has 2 heterocycles. The maximum atomic E-state index is 12.9. The Balaban J connectivity index is 1.33. The van der Waals surface area contributed by atoms with Gasteiger partial charge in [0.25, 0.3) is 5.69 Å². The number of nitrogens with one attached hydrogen (secondary N) is 1. The third-order valence-corrected chi connectivity index (χ3v) is 7.56. The summed E-state index contributed by atoms with van der Waals surface area (Å²) in [5, 5.41) is 13.3. The first-order chi connectivity index (χ1) is 16.2. The minimum Gasteiger partial charge on any atom is -0.459 e. The molecule has 2 aromatic carbocycles. The molecular formula is C24H25N3O6S. The number of carbonyl (C=O) groups excluding carboxylic acids is 3. The van der Waals surface area contributed by atoms with Crippen LogP contribution in [0.25, 0.3) is 0 Å². The maximum Gasteiger partial charge on any atom is 0.330 e. The Kier molecular flexibility index (Phi) is 6.60. The normalized spacial score (nSPS) is 22.5. The summed E-state index contributed by atoms with van der Waals surface area (Å²) in [5.41, 5.74) is 1.61. The molecule has 2 amide bonds. The number of thioether (sulfide) groups is 1. The number of carbonyl (C=O) groups is 3. The molecule has 0 aliphatic carbocycles. The Hall–Kier alpha value is -3.40. The number of aryl methyl sites for hydroxylation is 1. The molecule has 0 spiro atoms. The molecule has 0 bridgehead atoms. The number of non-ortho nitro benzene ring substituents is 1. The van der Waals surface area contributed by atoms with Crippen LogP contribution < -0.4 is 5.32 Å². The van der Waals surface area contributed by atoms with Gasteiger partial charge < -0.3 is 15.0 Å². The van der Waals surface area contributed by atoms with Crippen molar-refractivity contribution in [1.29, 1.82) is 0 Å². The van der Waals surface area contributed by atoms with E-state index in [9.17, 15) is 24.5 Å². The van der Waals surface area contributed by atoms with Crippen molar-refractivity contribution in [2.45, 2.75) is 55.5 Å². The lowest BCUT2D eigenvalue weighted by molar-refractivity contribution is -0.384. The Bertz CT molecular complexity index is 1110. The lowest BCUT2D eigenvalue weighted by Crippen LogP contribution is -2.70. The summed E-state index contributed by atoms with van der Waals surface area (Å²) in [6, 6.07) is 13.9. The predicted molar refractivity (Wildman–Crippen MR) is 126 cm³/mol. The molecule has 0 radical (unpaired) electrons. The van der Waals surface area contributed by atoms with Gasteiger partial charge in [0.15, 0.2) is 0 Å². The van der Waals surface area contributed by atoms with Crippen molar-refractivity contribution in [1.82, 2.24) is 10.2 Å². The van der Waals surface area contributed by atoms with Gasteiger partial charge in [-0.15, -0.1) is 11.8 Å². The van der Waals surface area contributed by atoms with Crippen LogP contribution in [0.15, 0.2) is 54.6 Å². The number of hydrogen-bond donors (Lipinski definition) is 1. The summed E-state index contributed by atoms with van der Waals surface area (Å²) in [6.45, 7) is 3.69. The van der Waals surface area contributed by atoms with Crippen LogP contribution in [0.4, 0.5) is 5.69 Å². The highest BCUT2D eigenvalue weighted by Crippen LogP contribution is 2.51. The lowest BCUT2D eigenvalue weighted by atomic mass is 9.96. The van der Waals surface area contributed by atoms with E-state index in [0.29, 0.717) is 12.0 Å². The minimum atomic E-state index is -0.787. The molecule has 3 unspecified atom stereocenters. The molecule has 2 saturated heterocycles. The fourth-order valence-electron chi connectivity index (χ4n) is 4.22. The van der Waals surface area contributed by atoms with Gasteiger partial charge in [-0.05, 0) is 43.5 Å². The number of esters is 1. The number of benzene rings is 2. The van der Waals surface area contributed by atoms with Crippen LogP contribution in [0, 0.1) is 10.1 Å². The van der Waals surface area contributed by atoms with Crippen LogP contribution in [0.2, 0.25) is 0 Å². The Labute approximate surface area is 201 Å². The third-order valence-electron chi connectivity index (χ3n) is 5.99. The van der Waals surface area contributed by atoms with E-state index in [-0.39, 0.29) is 35.9 Å². The number of nitrogens with zero attached hydrogens (tertiary/aromatic N) is 2. The number of β-lactam (4-membered cyclic amide) rings is 1. The van der Waals surface area contributed by atoms with Crippen LogP contribution >= 0.6 is 11.8 Å². The van der Waals surface area contributed by atoms with Gasteiger partial charge in [0.1, 0.15) is 24.1 Å². The summed E-state index contributed by atoms with van der Waals surface area (Å²) < 4.78 is 4.85. The van der Waals surface area contributed by atoms with E-state index < -0.39 is 27.7 Å². The van der Waals surface area contributed by atoms with Gasteiger partial charge >= 0.3 is 5.97 Å². The fraction of sp³-hybridized carbons (Fsp3) is 0.375. The van der Waals surface area contributed by atoms with E-state index in [1.165, 1.54) is 40.9 Å². The molecule has 2 aliphatic rings. The molecule has 2 fully saturated rings. The zero-order valence-corrected chi connectivity index (χ0v) is 19.6. The van der Waals surface area contributed by atoms with Crippen LogP contribution in [-0.2, 0) is 32.1 Å². The first-order valence-corrected chi connectivity index (χ1v) is 11.8. The highest BCUT2D eigenvalue weighted by atomic mass is 32.2. The van der Waals surface area contributed by atoms with Crippen molar-refractivity contribution in [3.8, 4) is 0 Å². The molecule has 0 saturated carbocycles. The molecule has 2 aliphatic heterocycles. The van der Waals surface area contributed by atoms with Crippen LogP contribution in [0.1, 0.15) is 31.4 Å². The monoisotopic (exact) mass is 483 g/mol. The molecule has 178 valence electrons. The molecular weight excluding hydrogens is 458 g/mol. The smallest absolute Gasteiger partial charge is 0.330 e. The van der Waals surface area contributed by atoms with Gasteiger partial charge in [0.2, 0.25) is 11.8 Å². The van der Waals surface area contributed by atoms with E-state index in [4.69, 9.17) is 4.74 Å². The van der Waals surface area contributed by atoms with Gasteiger partial charge in [-0.3, -0.25) is 19.7 Å². The van der Waals surface area contributed by atoms with E-state index in [0.717, 1.165) is 5.56 Å². The SMILES string of the molecule is CC1(C)SC2C(NC(=O)CCc3ccccc3)C(=O)N2C1C(=O)OCc1ccc([N+](=O)[O-])cc1. The van der Waals surface area contributed by atoms with Crippen LogP contribution in [-0.4, -0.2) is 49.8 Å². The lowest BCUT2D eigenvalue weighted by Gasteiger charge is -2.44. The van der Waals surface area contributed by atoms with Crippen molar-refractivity contribution in [3.05, 3.63) is 75.8 Å². The van der Waals surface area contributed by atoms with E-state index in [2.05, 4.69) is 5.32 Å². The van der Waals surface area contributed by atoms with Crippen molar-refractivity contribution < 1.29 is 24.0 Å². The topological polar surface area (TPSA) is 119 Å². The summed E-state index contributed by atoms with van der Waals surface area (Å²) in [5.74, 6) is -1.04. The van der Waals surface area contributed by atoms with Crippen molar-refractivity contribution in [2.24, 2.45) is 0 Å². The van der Waals surface area contributed by atoms with Gasteiger partial charge in [0, 0.05) is 23.3 Å². The summed E-state index contributed by atoms with van der Waals surface area (Å²) in [7, 11) is 0. The molecule has 4 rings (SSSR count). The highest BCUT2D eigenvalue weighted by molar-refractivity contribution is 8.01. The molecule has 1 N–H and O–H groups in total. The van der Waals surface area contributed by atoms with Gasteiger partial charge in [-0.2, -0.15) is 0 Å². The van der Waals surface area contributed by atoms with Gasteiger partial charge in [0.05, 0.1) is 4.92 Å². The largest absolute Gasteiger partial charge is 0.459 e. The zero-order chi connectivity index (χ0) is 24.5. The summed E-state index contributed by atoms with van der Waals surface area (Å²) >= 11 is 1.46. The summed E-state index contributed by atoms with van der Waals surface area (Å²) in [6.07, 6.45) is 0.855. The van der Waals surface area contributed by atoms with Gasteiger partial charge in [-0.25, -0.2) is 4.79 Å². The third kappa shape index (κ3) is 4.77. The molecule has 0 aromatic heterocycles. The average Bonchev–Trinajstić information content (AvgIpc) is 3.08. The number of fused-ring (bicyclic) bond motifs is 1. The highest BCUT2D eigenvalue weighted by Gasteiger charge is 2.64. The summed E-state index contributed by atoms with van der Waals surface area (Å²) in [4.78, 5) is 50.0. The van der Waals surface area contributed by atoms with E-state index >= 15 is 0 Å². The molecule has 34 heavy (non-hydrogen) atoms. The predicted octanol–water partition coefficient (Wildman–Crippen LogP) is 2.82. The number of rotatable bonds is 8. The Morgan fingerprint density at radius 2 is 1.79 bits per heavy atom. The van der Waals surface area contributed by atoms with Crippen molar-refractivity contribution in [2.75, 3.05) is 0 Å². The molecule has 9 nitrogen and oxygen atoms in total. The minimum absolute atomic E-state index is 0.0470. The Morgan fingerprint density at radius 1 is 1.12 bits per heavy atom. The van der Waals surface area contributed by atoms with Crippen molar-refractivity contribution in [3.63, 3.8) is 0 Å². The second kappa shape index (κ2) is 9.46. The molecule has 10 heteroatoms. The Morgan fingerprint density at radius 3 is 2.44 bits per heavy atom. The number of nitro groups is 1. The molecule has 2 aromatic rings. The van der Waals surface area contributed by atoms with Gasteiger partial charge in [-0.1, -0.05) is 30.3 Å². The number of nitro benzene ring substituents is 1. The first kappa shape index (κ1) is 23.7. The number of ether oxygens (including phenoxy) is 1. The first-order valence-electron chi connectivity index (χ1n) is 10.9. The number of amides is 2. The maximum absolute atomic E-state index is 12.9. The van der Waals surface area contributed by atoms with Crippen LogP contribution in [0.5, 0.6) is 0 Å². The second-order valence-electron chi connectivity index (χ2n) is 8.82.